The van der Waals surface area contributed by atoms with Gasteiger partial charge in [-0.05, 0) is 36.2 Å². The van der Waals surface area contributed by atoms with Gasteiger partial charge >= 0.3 is 0 Å². The number of aromatic nitrogens is 2. The van der Waals surface area contributed by atoms with E-state index < -0.39 is 17.6 Å². The summed E-state index contributed by atoms with van der Waals surface area (Å²) < 4.78 is 1.32. The van der Waals surface area contributed by atoms with E-state index in [4.69, 9.17) is 0 Å². The van der Waals surface area contributed by atoms with Crippen LogP contribution in [0.4, 0.5) is 5.69 Å². The molecular formula is C22H20N4O3. The molecule has 1 heterocycles. The summed E-state index contributed by atoms with van der Waals surface area (Å²) >= 11 is 0. The SMILES string of the molecule is CCc1ccc(NC(=O)C(C#N)C(=O)CCn2cnc3ccccc3c2=O)cc1. The Morgan fingerprint density at radius 2 is 1.90 bits per heavy atom. The third-order valence-corrected chi connectivity index (χ3v) is 4.67. The molecule has 0 saturated heterocycles. The van der Waals surface area contributed by atoms with Gasteiger partial charge in [0.05, 0.1) is 23.3 Å². The molecule has 7 nitrogen and oxygen atoms in total. The molecule has 0 aliphatic heterocycles. The molecule has 29 heavy (non-hydrogen) atoms. The number of hydrogen-bond acceptors (Lipinski definition) is 5. The van der Waals surface area contributed by atoms with Gasteiger partial charge in [-0.1, -0.05) is 31.2 Å². The lowest BCUT2D eigenvalue weighted by molar-refractivity contribution is -0.129. The second-order valence-electron chi connectivity index (χ2n) is 6.58. The fourth-order valence-electron chi connectivity index (χ4n) is 2.96. The Labute approximate surface area is 167 Å². The second kappa shape index (κ2) is 8.93. The molecule has 1 atom stereocenters. The van der Waals surface area contributed by atoms with E-state index in [2.05, 4.69) is 10.3 Å². The minimum atomic E-state index is -1.44. The first-order chi connectivity index (χ1) is 14.0. The van der Waals surface area contributed by atoms with Gasteiger partial charge in [0, 0.05) is 18.7 Å². The zero-order valence-electron chi connectivity index (χ0n) is 16.0. The van der Waals surface area contributed by atoms with Gasteiger partial charge in [0.1, 0.15) is 0 Å². The molecule has 3 aromatic rings. The van der Waals surface area contributed by atoms with Crippen LogP contribution in [0.15, 0.2) is 59.7 Å². The molecule has 2 aromatic carbocycles. The van der Waals surface area contributed by atoms with Crippen LogP contribution in [-0.2, 0) is 22.6 Å². The third-order valence-electron chi connectivity index (χ3n) is 4.67. The van der Waals surface area contributed by atoms with E-state index in [0.717, 1.165) is 12.0 Å². The fourth-order valence-corrected chi connectivity index (χ4v) is 2.96. The van der Waals surface area contributed by atoms with Crippen molar-refractivity contribution < 1.29 is 9.59 Å². The van der Waals surface area contributed by atoms with Crippen LogP contribution in [0.1, 0.15) is 18.9 Å². The van der Waals surface area contributed by atoms with Gasteiger partial charge < -0.3 is 5.32 Å². The fraction of sp³-hybridized carbons (Fsp3) is 0.227. The van der Waals surface area contributed by atoms with Gasteiger partial charge in [-0.25, -0.2) is 4.98 Å². The van der Waals surface area contributed by atoms with Crippen LogP contribution in [-0.4, -0.2) is 21.2 Å². The quantitative estimate of drug-likeness (QED) is 0.627. The van der Waals surface area contributed by atoms with Crippen LogP contribution in [0, 0.1) is 17.2 Å². The molecule has 0 saturated carbocycles. The van der Waals surface area contributed by atoms with Crippen molar-refractivity contribution in [3.63, 3.8) is 0 Å². The molecule has 0 aliphatic rings. The number of benzene rings is 2. The lowest BCUT2D eigenvalue weighted by Gasteiger charge is -2.11. The topological polar surface area (TPSA) is 105 Å². The van der Waals surface area contributed by atoms with Crippen molar-refractivity contribution in [1.29, 1.82) is 5.26 Å². The number of nitrogens with one attached hydrogen (secondary N) is 1. The summed E-state index contributed by atoms with van der Waals surface area (Å²) in [6.07, 6.45) is 2.12. The molecule has 146 valence electrons. The number of Topliss-reactive ketones (excluding diaryl/α,β-unsaturated/α-hetero) is 1. The summed E-state index contributed by atoms with van der Waals surface area (Å²) in [7, 11) is 0. The van der Waals surface area contributed by atoms with Gasteiger partial charge in [0.15, 0.2) is 11.7 Å². The van der Waals surface area contributed by atoms with E-state index in [9.17, 15) is 19.6 Å². The maximum Gasteiger partial charge on any atom is 0.261 e. The Kier molecular flexibility index (Phi) is 6.15. The Morgan fingerprint density at radius 3 is 2.59 bits per heavy atom. The average molecular weight is 388 g/mol. The minimum absolute atomic E-state index is 0.0478. The second-order valence-corrected chi connectivity index (χ2v) is 6.58. The largest absolute Gasteiger partial charge is 0.325 e. The van der Waals surface area contributed by atoms with Crippen molar-refractivity contribution in [2.45, 2.75) is 26.3 Å². The van der Waals surface area contributed by atoms with Crippen molar-refractivity contribution in [2.24, 2.45) is 5.92 Å². The molecule has 7 heteroatoms. The van der Waals surface area contributed by atoms with E-state index in [1.807, 2.05) is 19.1 Å². The van der Waals surface area contributed by atoms with Gasteiger partial charge in [-0.15, -0.1) is 0 Å². The third kappa shape index (κ3) is 4.55. The number of aryl methyl sites for hydroxylation is 2. The lowest BCUT2D eigenvalue weighted by atomic mass is 10.0. The van der Waals surface area contributed by atoms with Crippen LogP contribution in [0.5, 0.6) is 0 Å². The maximum atomic E-state index is 12.5. The van der Waals surface area contributed by atoms with Crippen LogP contribution in [0.2, 0.25) is 0 Å². The number of ketones is 1. The Hall–Kier alpha value is -3.79. The number of fused-ring (bicyclic) bond motifs is 1. The number of anilines is 1. The Morgan fingerprint density at radius 1 is 1.17 bits per heavy atom. The van der Waals surface area contributed by atoms with Crippen LogP contribution in [0.3, 0.4) is 0 Å². The highest BCUT2D eigenvalue weighted by Gasteiger charge is 2.26. The minimum Gasteiger partial charge on any atom is -0.325 e. The summed E-state index contributed by atoms with van der Waals surface area (Å²) in [6, 6.07) is 15.9. The van der Waals surface area contributed by atoms with Crippen LogP contribution < -0.4 is 10.9 Å². The highest BCUT2D eigenvalue weighted by molar-refractivity contribution is 6.09. The van der Waals surface area contributed by atoms with E-state index in [1.165, 1.54) is 10.9 Å². The molecule has 0 spiro atoms. The zero-order chi connectivity index (χ0) is 20.8. The van der Waals surface area contributed by atoms with E-state index in [0.29, 0.717) is 16.6 Å². The first-order valence-electron chi connectivity index (χ1n) is 9.29. The smallest absolute Gasteiger partial charge is 0.261 e. The van der Waals surface area contributed by atoms with Crippen molar-refractivity contribution in [3.8, 4) is 6.07 Å². The molecular weight excluding hydrogens is 368 g/mol. The normalized spacial score (nSPS) is 11.6. The van der Waals surface area contributed by atoms with Crippen LogP contribution >= 0.6 is 0 Å². The van der Waals surface area contributed by atoms with Gasteiger partial charge in [-0.3, -0.25) is 19.0 Å². The molecule has 1 amide bonds. The Balaban J connectivity index is 1.66. The number of amides is 1. The number of carbonyl (C=O) groups is 2. The molecule has 1 N–H and O–H groups in total. The maximum absolute atomic E-state index is 12.5. The summed E-state index contributed by atoms with van der Waals surface area (Å²) in [5.74, 6) is -2.66. The molecule has 3 rings (SSSR count). The van der Waals surface area contributed by atoms with Crippen LogP contribution in [0.25, 0.3) is 10.9 Å². The molecule has 0 fully saturated rings. The van der Waals surface area contributed by atoms with Crippen molar-refractivity contribution in [3.05, 3.63) is 70.8 Å². The summed E-state index contributed by atoms with van der Waals surface area (Å²) in [4.78, 5) is 41.5. The standard InChI is InChI=1S/C22H20N4O3/c1-2-15-7-9-16(10-8-15)25-21(28)18(13-23)20(27)11-12-26-14-24-19-6-4-3-5-17(19)22(26)29/h3-10,14,18H,2,11-12H2,1H3,(H,25,28). The number of rotatable bonds is 7. The molecule has 1 aromatic heterocycles. The highest BCUT2D eigenvalue weighted by Crippen LogP contribution is 2.13. The number of nitriles is 1. The summed E-state index contributed by atoms with van der Waals surface area (Å²) in [6.45, 7) is 2.07. The predicted octanol–water partition coefficient (Wildman–Crippen LogP) is 2.70. The van der Waals surface area contributed by atoms with Crippen molar-refractivity contribution in [2.75, 3.05) is 5.32 Å². The zero-order valence-corrected chi connectivity index (χ0v) is 16.0. The number of para-hydroxylation sites is 1. The van der Waals surface area contributed by atoms with E-state index >= 15 is 0 Å². The average Bonchev–Trinajstić information content (AvgIpc) is 2.74. The monoisotopic (exact) mass is 388 g/mol. The Bertz CT molecular complexity index is 1140. The predicted molar refractivity (Wildman–Crippen MR) is 109 cm³/mol. The van der Waals surface area contributed by atoms with E-state index in [-0.39, 0.29) is 18.5 Å². The number of nitrogens with zero attached hydrogens (tertiary/aromatic N) is 3. The number of carbonyl (C=O) groups excluding carboxylic acids is 2. The van der Waals surface area contributed by atoms with Gasteiger partial charge in [0.2, 0.25) is 5.91 Å². The van der Waals surface area contributed by atoms with Gasteiger partial charge in [0.25, 0.3) is 5.56 Å². The first-order valence-corrected chi connectivity index (χ1v) is 9.29. The highest BCUT2D eigenvalue weighted by atomic mass is 16.2. The summed E-state index contributed by atoms with van der Waals surface area (Å²) in [5.41, 5.74) is 1.95. The molecule has 0 radical (unpaired) electrons. The first kappa shape index (κ1) is 20.0. The number of hydrogen-bond donors (Lipinski definition) is 1. The lowest BCUT2D eigenvalue weighted by Crippen LogP contribution is -2.30. The van der Waals surface area contributed by atoms with Gasteiger partial charge in [-0.2, -0.15) is 5.26 Å². The van der Waals surface area contributed by atoms with Crippen molar-refractivity contribution >= 4 is 28.3 Å². The van der Waals surface area contributed by atoms with E-state index in [1.54, 1.807) is 42.5 Å². The summed E-state index contributed by atoms with van der Waals surface area (Å²) in [5, 5.41) is 12.4. The van der Waals surface area contributed by atoms with Crippen molar-refractivity contribution in [1.82, 2.24) is 9.55 Å². The molecule has 0 bridgehead atoms. The molecule has 1 unspecified atom stereocenters. The molecule has 0 aliphatic carbocycles.